The first-order chi connectivity index (χ1) is 15.1. The molecule has 2 aromatic rings. The largest absolute Gasteiger partial charge is 0.497 e. The molecule has 0 aromatic heterocycles. The Morgan fingerprint density at radius 2 is 1.94 bits per heavy atom. The maximum atomic E-state index is 13.2. The highest BCUT2D eigenvalue weighted by atomic mass is 32.2. The summed E-state index contributed by atoms with van der Waals surface area (Å²) < 4.78 is 10.8. The van der Waals surface area contributed by atoms with E-state index in [2.05, 4.69) is 42.2 Å². The average Bonchev–Trinajstić information content (AvgIpc) is 2.83. The van der Waals surface area contributed by atoms with Crippen molar-refractivity contribution in [3.05, 3.63) is 64.2 Å². The number of allylic oxidation sites excluding steroid dienone is 1. The number of nitrogens with zero attached hydrogens (tertiary/aromatic N) is 3. The van der Waals surface area contributed by atoms with E-state index in [-0.39, 0.29) is 18.2 Å². The van der Waals surface area contributed by atoms with E-state index in [0.717, 1.165) is 22.7 Å². The van der Waals surface area contributed by atoms with Crippen molar-refractivity contribution < 1.29 is 14.3 Å². The van der Waals surface area contributed by atoms with Gasteiger partial charge in [-0.2, -0.15) is 5.26 Å². The molecule has 0 spiro atoms. The number of methoxy groups -OCH3 is 2. The third-order valence-corrected chi connectivity index (χ3v) is 6.97. The molecule has 4 rings (SSSR count). The number of fused-ring (bicyclic) bond motifs is 1. The molecule has 31 heavy (non-hydrogen) atoms. The summed E-state index contributed by atoms with van der Waals surface area (Å²) in [5, 5.41) is 10.8. The van der Waals surface area contributed by atoms with Crippen LogP contribution in [0.25, 0.3) is 0 Å². The lowest BCUT2D eigenvalue weighted by Gasteiger charge is -2.42. The zero-order valence-corrected chi connectivity index (χ0v) is 18.7. The van der Waals surface area contributed by atoms with Crippen LogP contribution >= 0.6 is 11.8 Å². The molecular formula is C24H25N3O3S. The number of nitriles is 1. The van der Waals surface area contributed by atoms with Crippen LogP contribution in [-0.2, 0) is 11.2 Å². The minimum Gasteiger partial charge on any atom is -0.497 e. The third kappa shape index (κ3) is 3.96. The van der Waals surface area contributed by atoms with Gasteiger partial charge >= 0.3 is 0 Å². The number of benzene rings is 2. The third-order valence-electron chi connectivity index (χ3n) is 5.82. The van der Waals surface area contributed by atoms with E-state index in [9.17, 15) is 10.1 Å². The van der Waals surface area contributed by atoms with Crippen molar-refractivity contribution in [2.75, 3.05) is 31.7 Å². The molecule has 0 radical (unpaired) electrons. The van der Waals surface area contributed by atoms with Gasteiger partial charge in [0, 0.05) is 29.7 Å². The molecule has 0 unspecified atom stereocenters. The molecule has 7 heteroatoms. The fourth-order valence-corrected chi connectivity index (χ4v) is 5.21. The van der Waals surface area contributed by atoms with Crippen molar-refractivity contribution in [3.63, 3.8) is 0 Å². The van der Waals surface area contributed by atoms with Gasteiger partial charge in [0.2, 0.25) is 5.91 Å². The summed E-state index contributed by atoms with van der Waals surface area (Å²) in [4.78, 5) is 17.1. The predicted molar refractivity (Wildman–Crippen MR) is 122 cm³/mol. The van der Waals surface area contributed by atoms with Crippen LogP contribution in [0.3, 0.4) is 0 Å². The quantitative estimate of drug-likeness (QED) is 0.690. The molecule has 2 aliphatic rings. The standard InChI is InChI=1S/C24H25N3O3S/c1-4-16-5-7-17(8-6-16)26-14-27-23(28)12-20(21(13-25)24(27)31-15-26)19-10-9-18(29-2)11-22(19)30-3/h5-11,20H,4,12,14-15H2,1-3H3/t20-/m1/s1. The Balaban J connectivity index is 1.66. The lowest BCUT2D eigenvalue weighted by atomic mass is 9.86. The average molecular weight is 436 g/mol. The summed E-state index contributed by atoms with van der Waals surface area (Å²) in [6, 6.07) is 16.3. The lowest BCUT2D eigenvalue weighted by Crippen LogP contribution is -2.47. The number of aryl methyl sites for hydroxylation is 1. The van der Waals surface area contributed by atoms with Gasteiger partial charge in [-0.1, -0.05) is 36.9 Å². The molecule has 2 aromatic carbocycles. The lowest BCUT2D eigenvalue weighted by molar-refractivity contribution is -0.129. The highest BCUT2D eigenvalue weighted by Gasteiger charge is 2.39. The number of rotatable bonds is 5. The second kappa shape index (κ2) is 8.94. The Bertz CT molecular complexity index is 1060. The summed E-state index contributed by atoms with van der Waals surface area (Å²) in [6.45, 7) is 2.58. The second-order valence-corrected chi connectivity index (χ2v) is 8.43. The molecule has 0 saturated carbocycles. The van der Waals surface area contributed by atoms with Crippen LogP contribution in [0.1, 0.15) is 30.4 Å². The monoisotopic (exact) mass is 435 g/mol. The summed E-state index contributed by atoms with van der Waals surface area (Å²) in [7, 11) is 3.19. The van der Waals surface area contributed by atoms with Crippen molar-refractivity contribution in [2.24, 2.45) is 0 Å². The van der Waals surface area contributed by atoms with Crippen LogP contribution in [0.5, 0.6) is 11.5 Å². The highest BCUT2D eigenvalue weighted by Crippen LogP contribution is 2.45. The number of ether oxygens (including phenoxy) is 2. The fraction of sp³-hybridized carbons (Fsp3) is 0.333. The fourth-order valence-electron chi connectivity index (χ4n) is 4.04. The van der Waals surface area contributed by atoms with Gasteiger partial charge in [0.15, 0.2) is 0 Å². The SMILES string of the molecule is CCc1ccc(N2CSC3=C(C#N)[C@@H](c4ccc(OC)cc4OC)CC(=O)N3C2)cc1. The van der Waals surface area contributed by atoms with Gasteiger partial charge in [-0.25, -0.2) is 0 Å². The van der Waals surface area contributed by atoms with Crippen molar-refractivity contribution in [2.45, 2.75) is 25.7 Å². The number of hydrogen-bond acceptors (Lipinski definition) is 6. The van der Waals surface area contributed by atoms with Gasteiger partial charge in [-0.05, 0) is 30.2 Å². The Morgan fingerprint density at radius 3 is 2.58 bits per heavy atom. The van der Waals surface area contributed by atoms with Gasteiger partial charge < -0.3 is 14.4 Å². The normalized spacial score (nSPS) is 18.5. The van der Waals surface area contributed by atoms with E-state index in [0.29, 0.717) is 29.6 Å². The van der Waals surface area contributed by atoms with Crippen LogP contribution < -0.4 is 14.4 Å². The highest BCUT2D eigenvalue weighted by molar-refractivity contribution is 8.03. The summed E-state index contributed by atoms with van der Waals surface area (Å²) in [5.41, 5.74) is 3.81. The first kappa shape index (κ1) is 21.1. The molecule has 1 fully saturated rings. The van der Waals surface area contributed by atoms with E-state index < -0.39 is 0 Å². The molecule has 0 N–H and O–H groups in total. The van der Waals surface area contributed by atoms with E-state index in [1.807, 2.05) is 12.1 Å². The summed E-state index contributed by atoms with van der Waals surface area (Å²) in [6.07, 6.45) is 1.23. The Labute approximate surface area is 187 Å². The Morgan fingerprint density at radius 1 is 1.16 bits per heavy atom. The number of carbonyl (C=O) groups excluding carboxylic acids is 1. The van der Waals surface area contributed by atoms with Crippen LogP contribution in [0.4, 0.5) is 5.69 Å². The minimum atomic E-state index is -0.326. The molecule has 6 nitrogen and oxygen atoms in total. The zero-order valence-electron chi connectivity index (χ0n) is 17.9. The molecule has 2 heterocycles. The van der Waals surface area contributed by atoms with Crippen LogP contribution in [-0.4, -0.2) is 37.6 Å². The maximum absolute atomic E-state index is 13.2. The second-order valence-electron chi connectivity index (χ2n) is 7.49. The van der Waals surface area contributed by atoms with Gasteiger partial charge in [0.1, 0.15) is 11.5 Å². The van der Waals surface area contributed by atoms with Crippen LogP contribution in [0.15, 0.2) is 53.1 Å². The van der Waals surface area contributed by atoms with Crippen LogP contribution in [0, 0.1) is 11.3 Å². The molecule has 1 saturated heterocycles. The van der Waals surface area contributed by atoms with E-state index in [4.69, 9.17) is 9.47 Å². The number of anilines is 1. The number of thioether (sulfide) groups is 1. The molecule has 1 atom stereocenters. The van der Waals surface area contributed by atoms with Crippen molar-refractivity contribution >= 4 is 23.4 Å². The minimum absolute atomic E-state index is 0.0132. The predicted octanol–water partition coefficient (Wildman–Crippen LogP) is 4.49. The zero-order chi connectivity index (χ0) is 22.0. The molecule has 2 aliphatic heterocycles. The molecule has 1 amide bonds. The van der Waals surface area contributed by atoms with Crippen LogP contribution in [0.2, 0.25) is 0 Å². The van der Waals surface area contributed by atoms with Gasteiger partial charge in [-0.3, -0.25) is 9.69 Å². The van der Waals surface area contributed by atoms with Crippen molar-refractivity contribution in [1.82, 2.24) is 4.90 Å². The number of amides is 1. The first-order valence-corrected chi connectivity index (χ1v) is 11.2. The number of carbonyl (C=O) groups is 1. The molecular weight excluding hydrogens is 410 g/mol. The summed E-state index contributed by atoms with van der Waals surface area (Å²) in [5.74, 6) is 1.67. The van der Waals surface area contributed by atoms with Gasteiger partial charge in [0.05, 0.1) is 43.4 Å². The van der Waals surface area contributed by atoms with Crippen molar-refractivity contribution in [3.8, 4) is 17.6 Å². The first-order valence-electron chi connectivity index (χ1n) is 10.2. The Kier molecular flexibility index (Phi) is 6.10. The molecule has 0 aliphatic carbocycles. The van der Waals surface area contributed by atoms with E-state index in [1.165, 1.54) is 17.3 Å². The Hall–Kier alpha value is -3.11. The smallest absolute Gasteiger partial charge is 0.229 e. The van der Waals surface area contributed by atoms with Gasteiger partial charge in [0.25, 0.3) is 0 Å². The summed E-state index contributed by atoms with van der Waals surface area (Å²) >= 11 is 1.54. The number of hydrogen-bond donors (Lipinski definition) is 0. The van der Waals surface area contributed by atoms with E-state index in [1.54, 1.807) is 25.2 Å². The van der Waals surface area contributed by atoms with Crippen molar-refractivity contribution in [1.29, 1.82) is 5.26 Å². The van der Waals surface area contributed by atoms with Gasteiger partial charge in [-0.15, -0.1) is 0 Å². The van der Waals surface area contributed by atoms with E-state index >= 15 is 0 Å². The maximum Gasteiger partial charge on any atom is 0.229 e. The molecule has 0 bridgehead atoms. The molecule has 160 valence electrons. The topological polar surface area (TPSA) is 65.8 Å².